The maximum absolute atomic E-state index is 6.19. The molecule has 1 aliphatic rings. The van der Waals surface area contributed by atoms with Crippen LogP contribution in [0.2, 0.25) is 5.02 Å². The Kier molecular flexibility index (Phi) is 2.45. The highest BCUT2D eigenvalue weighted by Gasteiger charge is 2.24. The Morgan fingerprint density at radius 2 is 1.94 bits per heavy atom. The monoisotopic (exact) mass is 244 g/mol. The molecule has 3 rings (SSSR count). The number of benzene rings is 2. The highest BCUT2D eigenvalue weighted by Crippen LogP contribution is 2.39. The van der Waals surface area contributed by atoms with E-state index in [9.17, 15) is 0 Å². The second-order valence-electron chi connectivity index (χ2n) is 4.30. The Morgan fingerprint density at radius 3 is 2.71 bits per heavy atom. The van der Waals surface area contributed by atoms with E-state index in [4.69, 9.17) is 17.3 Å². The summed E-state index contributed by atoms with van der Waals surface area (Å²) in [5, 5.41) is 4.29. The summed E-state index contributed by atoms with van der Waals surface area (Å²) >= 11 is 6.19. The number of rotatable bonds is 1. The van der Waals surface area contributed by atoms with Crippen LogP contribution >= 0.6 is 11.6 Å². The van der Waals surface area contributed by atoms with Gasteiger partial charge in [0, 0.05) is 22.8 Å². The molecule has 0 amide bonds. The van der Waals surface area contributed by atoms with E-state index < -0.39 is 0 Å². The third kappa shape index (κ3) is 1.75. The lowest BCUT2D eigenvalue weighted by atomic mass is 10.0. The van der Waals surface area contributed by atoms with Gasteiger partial charge < -0.3 is 11.1 Å². The van der Waals surface area contributed by atoms with Gasteiger partial charge in [0.15, 0.2) is 0 Å². The third-order valence-electron chi connectivity index (χ3n) is 3.23. The minimum atomic E-state index is 0.228. The number of anilines is 2. The zero-order chi connectivity index (χ0) is 11.8. The molecule has 0 aliphatic carbocycles. The summed E-state index contributed by atoms with van der Waals surface area (Å²) in [7, 11) is 0. The van der Waals surface area contributed by atoms with Crippen LogP contribution in [0.25, 0.3) is 0 Å². The highest BCUT2D eigenvalue weighted by molar-refractivity contribution is 6.31. The molecule has 0 bridgehead atoms. The number of halogens is 1. The number of para-hydroxylation sites is 1. The first-order valence-electron chi connectivity index (χ1n) is 5.64. The first-order valence-corrected chi connectivity index (χ1v) is 6.02. The van der Waals surface area contributed by atoms with Crippen LogP contribution in [0.5, 0.6) is 0 Å². The molecule has 17 heavy (non-hydrogen) atoms. The molecule has 3 N–H and O–H groups in total. The van der Waals surface area contributed by atoms with Crippen LogP contribution in [0.4, 0.5) is 11.4 Å². The van der Waals surface area contributed by atoms with E-state index in [1.807, 2.05) is 30.3 Å². The molecular formula is C14H13ClN2. The van der Waals surface area contributed by atoms with Gasteiger partial charge in [-0.05, 0) is 29.3 Å². The molecule has 1 unspecified atom stereocenters. The molecule has 2 nitrogen and oxygen atoms in total. The standard InChI is InChI=1S/C14H13ClN2/c15-11-5-3-7-13-10(11)8-14(17-13)9-4-1-2-6-12(9)16/h1-7,14,17H,8,16H2. The molecule has 0 radical (unpaired) electrons. The summed E-state index contributed by atoms with van der Waals surface area (Å²) in [6, 6.07) is 14.1. The van der Waals surface area contributed by atoms with Crippen molar-refractivity contribution >= 4 is 23.0 Å². The van der Waals surface area contributed by atoms with Gasteiger partial charge in [-0.1, -0.05) is 35.9 Å². The molecule has 1 aliphatic heterocycles. The van der Waals surface area contributed by atoms with Gasteiger partial charge in [0.25, 0.3) is 0 Å². The van der Waals surface area contributed by atoms with Crippen molar-refractivity contribution in [2.45, 2.75) is 12.5 Å². The fourth-order valence-corrected chi connectivity index (χ4v) is 2.61. The molecule has 0 saturated heterocycles. The molecule has 3 heteroatoms. The Morgan fingerprint density at radius 1 is 1.12 bits per heavy atom. The van der Waals surface area contributed by atoms with E-state index in [-0.39, 0.29) is 6.04 Å². The Hall–Kier alpha value is -1.67. The van der Waals surface area contributed by atoms with E-state index in [0.29, 0.717) is 0 Å². The number of hydrogen-bond acceptors (Lipinski definition) is 2. The fraction of sp³-hybridized carbons (Fsp3) is 0.143. The van der Waals surface area contributed by atoms with Crippen molar-refractivity contribution < 1.29 is 0 Å². The number of hydrogen-bond donors (Lipinski definition) is 2. The van der Waals surface area contributed by atoms with Crippen molar-refractivity contribution in [3.05, 3.63) is 58.6 Å². The van der Waals surface area contributed by atoms with Crippen LogP contribution in [0.1, 0.15) is 17.2 Å². The molecule has 2 aromatic rings. The first kappa shape index (κ1) is 10.5. The summed E-state index contributed by atoms with van der Waals surface area (Å²) < 4.78 is 0. The number of fused-ring (bicyclic) bond motifs is 1. The quantitative estimate of drug-likeness (QED) is 0.752. The van der Waals surface area contributed by atoms with Gasteiger partial charge in [0.05, 0.1) is 6.04 Å². The summed E-state index contributed by atoms with van der Waals surface area (Å²) in [6.07, 6.45) is 0.892. The minimum Gasteiger partial charge on any atom is -0.398 e. The molecule has 0 fully saturated rings. The molecule has 2 aromatic carbocycles. The molecule has 1 atom stereocenters. The lowest BCUT2D eigenvalue weighted by Gasteiger charge is -2.13. The van der Waals surface area contributed by atoms with Gasteiger partial charge >= 0.3 is 0 Å². The molecule has 0 saturated carbocycles. The van der Waals surface area contributed by atoms with Gasteiger partial charge in [0.1, 0.15) is 0 Å². The van der Waals surface area contributed by atoms with Crippen LogP contribution in [-0.4, -0.2) is 0 Å². The Balaban J connectivity index is 1.97. The largest absolute Gasteiger partial charge is 0.398 e. The van der Waals surface area contributed by atoms with Crippen LogP contribution < -0.4 is 11.1 Å². The van der Waals surface area contributed by atoms with Crippen molar-refractivity contribution in [3.63, 3.8) is 0 Å². The van der Waals surface area contributed by atoms with Crippen molar-refractivity contribution in [1.82, 2.24) is 0 Å². The van der Waals surface area contributed by atoms with Gasteiger partial charge in [-0.2, -0.15) is 0 Å². The van der Waals surface area contributed by atoms with Gasteiger partial charge in [0.2, 0.25) is 0 Å². The zero-order valence-corrected chi connectivity index (χ0v) is 10.0. The summed E-state index contributed by atoms with van der Waals surface area (Å²) in [5.41, 5.74) is 10.3. The van der Waals surface area contributed by atoms with E-state index >= 15 is 0 Å². The predicted molar refractivity (Wildman–Crippen MR) is 72.4 cm³/mol. The summed E-state index contributed by atoms with van der Waals surface area (Å²) in [4.78, 5) is 0. The SMILES string of the molecule is Nc1ccccc1C1Cc2c(Cl)cccc2N1. The smallest absolute Gasteiger partial charge is 0.0575 e. The van der Waals surface area contributed by atoms with Gasteiger partial charge in [-0.25, -0.2) is 0 Å². The van der Waals surface area contributed by atoms with Crippen LogP contribution in [-0.2, 0) is 6.42 Å². The molecule has 0 aromatic heterocycles. The zero-order valence-electron chi connectivity index (χ0n) is 9.28. The van der Waals surface area contributed by atoms with E-state index in [0.717, 1.165) is 28.4 Å². The van der Waals surface area contributed by atoms with Crippen LogP contribution in [0.15, 0.2) is 42.5 Å². The van der Waals surface area contributed by atoms with Crippen molar-refractivity contribution in [2.24, 2.45) is 0 Å². The summed E-state index contributed by atoms with van der Waals surface area (Å²) in [6.45, 7) is 0. The van der Waals surface area contributed by atoms with E-state index in [1.165, 1.54) is 5.56 Å². The number of nitrogens with two attached hydrogens (primary N) is 1. The molecular weight excluding hydrogens is 232 g/mol. The second-order valence-corrected chi connectivity index (χ2v) is 4.70. The third-order valence-corrected chi connectivity index (χ3v) is 3.58. The van der Waals surface area contributed by atoms with E-state index in [2.05, 4.69) is 17.4 Å². The maximum atomic E-state index is 6.19. The number of nitrogen functional groups attached to an aromatic ring is 1. The number of nitrogens with one attached hydrogen (secondary N) is 1. The van der Waals surface area contributed by atoms with Gasteiger partial charge in [-0.15, -0.1) is 0 Å². The topological polar surface area (TPSA) is 38.0 Å². The van der Waals surface area contributed by atoms with Crippen molar-refractivity contribution in [2.75, 3.05) is 11.1 Å². The van der Waals surface area contributed by atoms with Crippen LogP contribution in [0, 0.1) is 0 Å². The average molecular weight is 245 g/mol. The second kappa shape index (κ2) is 3.97. The highest BCUT2D eigenvalue weighted by atomic mass is 35.5. The van der Waals surface area contributed by atoms with Crippen LogP contribution in [0.3, 0.4) is 0 Å². The molecule has 1 heterocycles. The predicted octanol–water partition coefficient (Wildman–Crippen LogP) is 3.63. The average Bonchev–Trinajstić information content (AvgIpc) is 2.75. The first-order chi connectivity index (χ1) is 8.25. The summed E-state index contributed by atoms with van der Waals surface area (Å²) in [5.74, 6) is 0. The maximum Gasteiger partial charge on any atom is 0.0575 e. The van der Waals surface area contributed by atoms with Crippen molar-refractivity contribution in [3.8, 4) is 0 Å². The van der Waals surface area contributed by atoms with Crippen molar-refractivity contribution in [1.29, 1.82) is 0 Å². The lowest BCUT2D eigenvalue weighted by Crippen LogP contribution is -2.08. The molecule has 86 valence electrons. The Bertz CT molecular complexity index is 566. The fourth-order valence-electron chi connectivity index (χ4n) is 2.36. The minimum absolute atomic E-state index is 0.228. The molecule has 0 spiro atoms. The van der Waals surface area contributed by atoms with E-state index in [1.54, 1.807) is 0 Å². The Labute approximate surface area is 105 Å². The lowest BCUT2D eigenvalue weighted by molar-refractivity contribution is 0.827. The van der Waals surface area contributed by atoms with Gasteiger partial charge in [-0.3, -0.25) is 0 Å². The normalized spacial score (nSPS) is 17.6.